The minimum atomic E-state index is -2.73. The smallest absolute Gasteiger partial charge is 0.408 e. The van der Waals surface area contributed by atoms with Crippen molar-refractivity contribution in [2.24, 2.45) is 5.92 Å². The normalized spacial score (nSPS) is 26.0. The zero-order valence-electron chi connectivity index (χ0n) is 17.7. The Kier molecular flexibility index (Phi) is 5.32. The van der Waals surface area contributed by atoms with Crippen molar-refractivity contribution in [1.82, 2.24) is 4.90 Å². The number of amides is 1. The highest BCUT2D eigenvalue weighted by Gasteiger charge is 2.58. The third-order valence-electron chi connectivity index (χ3n) is 6.78. The van der Waals surface area contributed by atoms with Crippen LogP contribution >= 0.6 is 0 Å². The van der Waals surface area contributed by atoms with Gasteiger partial charge in [0.15, 0.2) is 0 Å². The largest absolute Gasteiger partial charge is 0.465 e. The predicted molar refractivity (Wildman–Crippen MR) is 119 cm³/mol. The van der Waals surface area contributed by atoms with Gasteiger partial charge in [-0.25, -0.2) is 4.79 Å². The molecule has 158 valence electrons. The molecule has 1 saturated carbocycles. The number of carboxylic acid groups (broad SMARTS) is 1. The lowest BCUT2D eigenvalue weighted by molar-refractivity contribution is -0.114. The van der Waals surface area contributed by atoms with E-state index in [1.54, 1.807) is 0 Å². The van der Waals surface area contributed by atoms with Crippen LogP contribution in [-0.4, -0.2) is 48.9 Å². The summed E-state index contributed by atoms with van der Waals surface area (Å²) in [6.07, 6.45) is 0.986. The van der Waals surface area contributed by atoms with Gasteiger partial charge in [0.05, 0.1) is 12.1 Å². The zero-order chi connectivity index (χ0) is 21.5. The van der Waals surface area contributed by atoms with Gasteiger partial charge in [0.2, 0.25) is 0 Å². The maximum Gasteiger partial charge on any atom is 0.408 e. The lowest BCUT2D eigenvalue weighted by Gasteiger charge is -2.47. The second kappa shape index (κ2) is 7.67. The van der Waals surface area contributed by atoms with E-state index in [1.165, 1.54) is 15.3 Å². The predicted octanol–water partition coefficient (Wildman–Crippen LogP) is 3.27. The standard InChI is InChI=1S/C24H29NO4Si/c1-24(2,3)30(18-10-6-4-7-11-18,19-12-8-5-9-13-19)29-22-15-17-14-20(22)21(16-26)25(17)23(27)28/h4-13,16-17,20-22H,14-15H2,1-3H3,(H,27,28). The van der Waals surface area contributed by atoms with Crippen molar-refractivity contribution < 1.29 is 19.1 Å². The average Bonchev–Trinajstić information content (AvgIpc) is 3.30. The Hall–Kier alpha value is -2.44. The van der Waals surface area contributed by atoms with E-state index in [4.69, 9.17) is 4.43 Å². The fourth-order valence-electron chi connectivity index (χ4n) is 5.55. The van der Waals surface area contributed by atoms with Crippen molar-refractivity contribution >= 4 is 31.1 Å². The summed E-state index contributed by atoms with van der Waals surface area (Å²) in [4.78, 5) is 24.8. The molecule has 1 N–H and O–H groups in total. The summed E-state index contributed by atoms with van der Waals surface area (Å²) in [5.74, 6) is -0.0924. The number of carbonyl (C=O) groups is 2. The van der Waals surface area contributed by atoms with Crippen LogP contribution in [0.15, 0.2) is 60.7 Å². The van der Waals surface area contributed by atoms with E-state index in [0.29, 0.717) is 12.8 Å². The average molecular weight is 424 g/mol. The molecule has 0 aromatic heterocycles. The lowest BCUT2D eigenvalue weighted by atomic mass is 9.97. The highest BCUT2D eigenvalue weighted by molar-refractivity contribution is 6.99. The molecule has 2 aromatic carbocycles. The Morgan fingerprint density at radius 2 is 1.57 bits per heavy atom. The van der Waals surface area contributed by atoms with Crippen LogP contribution < -0.4 is 10.4 Å². The number of piperidine rings is 1. The second-order valence-corrected chi connectivity index (χ2v) is 13.7. The van der Waals surface area contributed by atoms with Gasteiger partial charge in [0, 0.05) is 12.0 Å². The number of benzene rings is 2. The van der Waals surface area contributed by atoms with Crippen LogP contribution in [-0.2, 0) is 9.22 Å². The number of rotatable bonds is 5. The Labute approximate surface area is 178 Å². The molecule has 5 nitrogen and oxygen atoms in total. The number of nitrogens with zero attached hydrogens (tertiary/aromatic N) is 1. The molecule has 1 amide bonds. The number of carbonyl (C=O) groups excluding carboxylic acids is 1. The maximum absolute atomic E-state index is 11.8. The van der Waals surface area contributed by atoms with Gasteiger partial charge in [-0.05, 0) is 28.3 Å². The Morgan fingerprint density at radius 1 is 1.03 bits per heavy atom. The third kappa shape index (κ3) is 3.19. The van der Waals surface area contributed by atoms with Crippen LogP contribution in [0.2, 0.25) is 5.04 Å². The highest BCUT2D eigenvalue weighted by atomic mass is 28.4. The van der Waals surface area contributed by atoms with E-state index in [0.717, 1.165) is 6.29 Å². The molecule has 2 fully saturated rings. The van der Waals surface area contributed by atoms with E-state index in [1.807, 2.05) is 12.1 Å². The van der Waals surface area contributed by atoms with Gasteiger partial charge >= 0.3 is 6.09 Å². The molecule has 1 saturated heterocycles. The molecule has 30 heavy (non-hydrogen) atoms. The van der Waals surface area contributed by atoms with Crippen LogP contribution in [0.5, 0.6) is 0 Å². The van der Waals surface area contributed by atoms with Crippen molar-refractivity contribution in [2.45, 2.75) is 56.8 Å². The molecule has 1 aliphatic carbocycles. The Bertz CT molecular complexity index is 872. The summed E-state index contributed by atoms with van der Waals surface area (Å²) in [5.41, 5.74) is 0. The molecule has 2 bridgehead atoms. The lowest BCUT2D eigenvalue weighted by Crippen LogP contribution is -2.68. The van der Waals surface area contributed by atoms with Crippen molar-refractivity contribution in [3.05, 3.63) is 60.7 Å². The number of hydrogen-bond acceptors (Lipinski definition) is 3. The summed E-state index contributed by atoms with van der Waals surface area (Å²) in [5, 5.41) is 11.8. The van der Waals surface area contributed by atoms with Crippen molar-refractivity contribution in [3.63, 3.8) is 0 Å². The van der Waals surface area contributed by atoms with Gasteiger partial charge in [-0.2, -0.15) is 0 Å². The first kappa shape index (κ1) is 20.8. The van der Waals surface area contributed by atoms with Gasteiger partial charge < -0.3 is 14.3 Å². The first-order valence-electron chi connectivity index (χ1n) is 10.5. The molecular formula is C24H29NO4Si. The van der Waals surface area contributed by atoms with Crippen molar-refractivity contribution in [3.8, 4) is 0 Å². The molecule has 6 heteroatoms. The molecule has 1 aliphatic heterocycles. The van der Waals surface area contributed by atoms with Crippen LogP contribution in [0, 0.1) is 5.92 Å². The second-order valence-electron chi connectivity index (χ2n) is 9.43. The molecule has 4 rings (SSSR count). The molecule has 2 aromatic rings. The molecule has 4 unspecified atom stereocenters. The minimum Gasteiger partial charge on any atom is -0.465 e. The van der Waals surface area contributed by atoms with Crippen LogP contribution in [0.3, 0.4) is 0 Å². The molecule has 1 heterocycles. The van der Waals surface area contributed by atoms with Crippen molar-refractivity contribution in [2.75, 3.05) is 0 Å². The minimum absolute atomic E-state index is 0.0924. The summed E-state index contributed by atoms with van der Waals surface area (Å²) in [6.45, 7) is 6.69. The Morgan fingerprint density at radius 3 is 2.00 bits per heavy atom. The van der Waals surface area contributed by atoms with E-state index in [-0.39, 0.29) is 23.1 Å². The summed E-state index contributed by atoms with van der Waals surface area (Å²) >= 11 is 0. The van der Waals surface area contributed by atoms with E-state index in [2.05, 4.69) is 69.3 Å². The number of hydrogen-bond donors (Lipinski definition) is 1. The number of likely N-dealkylation sites (tertiary alicyclic amines) is 1. The van der Waals surface area contributed by atoms with E-state index in [9.17, 15) is 14.7 Å². The van der Waals surface area contributed by atoms with Crippen molar-refractivity contribution in [1.29, 1.82) is 0 Å². The van der Waals surface area contributed by atoms with Crippen LogP contribution in [0.25, 0.3) is 0 Å². The molecule has 0 radical (unpaired) electrons. The van der Waals surface area contributed by atoms with Gasteiger partial charge in [0.1, 0.15) is 6.29 Å². The summed E-state index contributed by atoms with van der Waals surface area (Å²) in [6, 6.07) is 20.1. The Balaban J connectivity index is 1.79. The SMILES string of the molecule is CC(C)(C)[Si](OC1CC2CC1C(C=O)N2C(=O)O)(c1ccccc1)c1ccccc1. The first-order chi connectivity index (χ1) is 14.3. The van der Waals surface area contributed by atoms with Gasteiger partial charge in [-0.1, -0.05) is 81.4 Å². The first-order valence-corrected chi connectivity index (χ1v) is 12.5. The highest BCUT2D eigenvalue weighted by Crippen LogP contribution is 2.47. The molecule has 0 spiro atoms. The summed E-state index contributed by atoms with van der Waals surface area (Å²) in [7, 11) is -2.73. The van der Waals surface area contributed by atoms with Gasteiger partial charge in [-0.15, -0.1) is 0 Å². The zero-order valence-corrected chi connectivity index (χ0v) is 18.7. The van der Waals surface area contributed by atoms with Crippen LogP contribution in [0.1, 0.15) is 33.6 Å². The molecule has 2 aliphatic rings. The topological polar surface area (TPSA) is 66.8 Å². The number of fused-ring (bicyclic) bond motifs is 2. The quantitative estimate of drug-likeness (QED) is 0.592. The fourth-order valence-corrected chi connectivity index (χ4v) is 10.3. The monoisotopic (exact) mass is 423 g/mol. The van der Waals surface area contributed by atoms with Gasteiger partial charge in [-0.3, -0.25) is 4.90 Å². The summed E-state index contributed by atoms with van der Waals surface area (Å²) < 4.78 is 7.19. The van der Waals surface area contributed by atoms with Crippen LogP contribution in [0.4, 0.5) is 4.79 Å². The fraction of sp³-hybridized carbons (Fsp3) is 0.417. The third-order valence-corrected chi connectivity index (χ3v) is 11.8. The molecular weight excluding hydrogens is 394 g/mol. The maximum atomic E-state index is 11.8. The number of aldehydes is 1. The van der Waals surface area contributed by atoms with E-state index >= 15 is 0 Å². The van der Waals surface area contributed by atoms with E-state index < -0.39 is 20.5 Å². The van der Waals surface area contributed by atoms with Gasteiger partial charge in [0.25, 0.3) is 8.32 Å². The molecule has 4 atom stereocenters.